The summed E-state index contributed by atoms with van der Waals surface area (Å²) in [6.07, 6.45) is 3.22. The third kappa shape index (κ3) is 9.75. The van der Waals surface area contributed by atoms with E-state index >= 15 is 0 Å². The zero-order valence-corrected chi connectivity index (χ0v) is 31.8. The van der Waals surface area contributed by atoms with Crippen molar-refractivity contribution in [2.45, 2.75) is 0 Å². The molecule has 0 aliphatic heterocycles. The van der Waals surface area contributed by atoms with Crippen LogP contribution in [0.15, 0.2) is 124 Å². The average molecular weight is 935 g/mol. The average Bonchev–Trinajstić information content (AvgIpc) is 3.71. The van der Waals surface area contributed by atoms with Gasteiger partial charge in [-0.15, -0.1) is 22.7 Å². The van der Waals surface area contributed by atoms with E-state index in [1.54, 1.807) is 36.7 Å². The second-order valence-electron chi connectivity index (χ2n) is 8.93. The smallest absolute Gasteiger partial charge is 0.209 e. The zero-order valence-electron chi connectivity index (χ0n) is 22.7. The van der Waals surface area contributed by atoms with Crippen molar-refractivity contribution in [3.05, 3.63) is 125 Å². The van der Waals surface area contributed by atoms with Gasteiger partial charge in [-0.2, -0.15) is 0 Å². The summed E-state index contributed by atoms with van der Waals surface area (Å²) in [5.41, 5.74) is 5.17. The van der Waals surface area contributed by atoms with Gasteiger partial charge in [-0.3, -0.25) is 0 Å². The van der Waals surface area contributed by atoms with Crippen molar-refractivity contribution in [1.82, 2.24) is 9.97 Å². The van der Waals surface area contributed by atoms with E-state index in [0.29, 0.717) is 30.3 Å². The fraction of sp³-hybridized carbons (Fsp3) is 0. The van der Waals surface area contributed by atoms with Crippen LogP contribution in [0, 0.1) is 0 Å². The molecule has 6 nitrogen and oxygen atoms in total. The molecule has 0 aliphatic rings. The summed E-state index contributed by atoms with van der Waals surface area (Å²) in [5, 5.41) is 25.3. The number of halogens is 4. The number of phenolic OH excluding ortho intramolecular Hbond substituents is 2. The summed E-state index contributed by atoms with van der Waals surface area (Å²) in [6.45, 7) is 0. The summed E-state index contributed by atoms with van der Waals surface area (Å²) < 4.78 is 2.96. The number of hydrogen-bond acceptors (Lipinski definition) is 8. The van der Waals surface area contributed by atoms with Gasteiger partial charge in [-0.05, 0) is 56.1 Å². The van der Waals surface area contributed by atoms with Crippen molar-refractivity contribution in [1.29, 1.82) is 0 Å². The van der Waals surface area contributed by atoms with Crippen LogP contribution in [0.4, 0.5) is 10.3 Å². The molecular formula is C32H20Br4CoN4O2S2. The van der Waals surface area contributed by atoms with Crippen LogP contribution in [0.5, 0.6) is 11.5 Å². The molecule has 0 aliphatic carbocycles. The van der Waals surface area contributed by atoms with Gasteiger partial charge in [0, 0.05) is 71.2 Å². The van der Waals surface area contributed by atoms with Gasteiger partial charge in [0.05, 0.1) is 20.3 Å². The number of phenols is 2. The van der Waals surface area contributed by atoms with Crippen LogP contribution < -0.4 is 0 Å². The first-order valence-electron chi connectivity index (χ1n) is 12.7. The van der Waals surface area contributed by atoms with Crippen molar-refractivity contribution in [3.8, 4) is 34.0 Å². The molecule has 2 N–H and O–H groups in total. The minimum Gasteiger partial charge on any atom is -0.506 e. The van der Waals surface area contributed by atoms with Crippen molar-refractivity contribution < 1.29 is 27.0 Å². The number of benzene rings is 4. The number of nitrogens with zero attached hydrogens (tertiary/aromatic N) is 4. The number of aromatic nitrogens is 2. The standard InChI is InChI=1S/2C16H10Br2N2OS.Co/c2*17-12-6-11(15(21)13(18)7-12)8-19-16-20-14(9-22-16)10-4-2-1-3-5-10;/h2*1-9,21H;. The second kappa shape index (κ2) is 16.9. The molecule has 2 aromatic heterocycles. The van der Waals surface area contributed by atoms with Gasteiger partial charge in [-0.25, -0.2) is 20.0 Å². The largest absolute Gasteiger partial charge is 0.506 e. The van der Waals surface area contributed by atoms with E-state index in [4.69, 9.17) is 0 Å². The SMILES string of the molecule is Oc1c(Br)cc(Br)cc1C=Nc1nc(-c2ccccc2)cs1.Oc1c(Br)cc(Br)cc1C=Nc1nc(-c2ccccc2)cs1.[Co]. The first kappa shape index (κ1) is 35.4. The second-order valence-corrected chi connectivity index (χ2v) is 14.1. The van der Waals surface area contributed by atoms with Gasteiger partial charge in [0.25, 0.3) is 0 Å². The normalized spacial score (nSPS) is 10.9. The van der Waals surface area contributed by atoms with Gasteiger partial charge in [0.2, 0.25) is 10.3 Å². The van der Waals surface area contributed by atoms with Crippen LogP contribution in [0.3, 0.4) is 0 Å². The van der Waals surface area contributed by atoms with Crippen LogP contribution in [-0.2, 0) is 16.8 Å². The topological polar surface area (TPSA) is 91.0 Å². The fourth-order valence-electron chi connectivity index (χ4n) is 3.75. The fourth-order valence-corrected chi connectivity index (χ4v) is 7.61. The minimum atomic E-state index is 0. The Morgan fingerprint density at radius 2 is 0.956 bits per heavy atom. The van der Waals surface area contributed by atoms with Crippen LogP contribution in [-0.4, -0.2) is 32.6 Å². The molecule has 0 atom stereocenters. The first-order chi connectivity index (χ1) is 21.3. The van der Waals surface area contributed by atoms with E-state index in [9.17, 15) is 10.2 Å². The Morgan fingerprint density at radius 1 is 0.578 bits per heavy atom. The molecule has 4 aromatic carbocycles. The van der Waals surface area contributed by atoms with Crippen LogP contribution in [0.2, 0.25) is 0 Å². The van der Waals surface area contributed by atoms with Crippen molar-refractivity contribution in [2.75, 3.05) is 0 Å². The van der Waals surface area contributed by atoms with Crippen LogP contribution in [0.25, 0.3) is 22.5 Å². The molecular weight excluding hydrogens is 915 g/mol. The van der Waals surface area contributed by atoms with Crippen LogP contribution >= 0.6 is 86.4 Å². The summed E-state index contributed by atoms with van der Waals surface area (Å²) in [5.74, 6) is 0.318. The Labute approximate surface area is 311 Å². The van der Waals surface area contributed by atoms with E-state index in [1.807, 2.05) is 71.4 Å². The number of hydrogen-bond donors (Lipinski definition) is 2. The van der Waals surface area contributed by atoms with E-state index < -0.39 is 0 Å². The molecule has 0 saturated carbocycles. The quantitative estimate of drug-likeness (QED) is 0.163. The molecule has 0 amide bonds. The summed E-state index contributed by atoms with van der Waals surface area (Å²) in [7, 11) is 0. The van der Waals surface area contributed by atoms with E-state index in [-0.39, 0.29) is 28.3 Å². The molecule has 1 radical (unpaired) electrons. The maximum Gasteiger partial charge on any atom is 0.209 e. The molecule has 13 heteroatoms. The van der Waals surface area contributed by atoms with Gasteiger partial charge >= 0.3 is 0 Å². The Hall–Kier alpha value is -2.49. The maximum absolute atomic E-state index is 10.0. The molecule has 0 fully saturated rings. The van der Waals surface area contributed by atoms with Gasteiger partial charge in [0.1, 0.15) is 11.5 Å². The predicted molar refractivity (Wildman–Crippen MR) is 197 cm³/mol. The van der Waals surface area contributed by atoms with Gasteiger partial charge in [-0.1, -0.05) is 92.5 Å². The van der Waals surface area contributed by atoms with Crippen molar-refractivity contribution in [3.63, 3.8) is 0 Å². The Bertz CT molecular complexity index is 1810. The van der Waals surface area contributed by atoms with Gasteiger partial charge in [0.15, 0.2) is 0 Å². The molecule has 0 unspecified atom stereocenters. The number of thiazole rings is 2. The molecule has 6 aromatic rings. The zero-order chi connectivity index (χ0) is 31.1. The third-order valence-electron chi connectivity index (χ3n) is 5.87. The minimum absolute atomic E-state index is 0. The van der Waals surface area contributed by atoms with Crippen molar-refractivity contribution >= 4 is 109 Å². The molecule has 2 heterocycles. The number of rotatable bonds is 6. The molecule has 0 saturated heterocycles. The maximum atomic E-state index is 10.0. The van der Waals surface area contributed by atoms with E-state index in [2.05, 4.69) is 83.7 Å². The third-order valence-corrected chi connectivity index (χ3v) is 9.49. The predicted octanol–water partition coefficient (Wildman–Crippen LogP) is 11.6. The number of aromatic hydroxyl groups is 2. The first-order valence-corrected chi connectivity index (χ1v) is 17.7. The molecule has 0 bridgehead atoms. The summed E-state index contributed by atoms with van der Waals surface area (Å²) in [6, 6.07) is 27.1. The Morgan fingerprint density at radius 3 is 1.33 bits per heavy atom. The molecule has 6 rings (SSSR count). The van der Waals surface area contributed by atoms with Crippen molar-refractivity contribution in [2.24, 2.45) is 9.98 Å². The monoisotopic (exact) mass is 931 g/mol. The molecule has 229 valence electrons. The van der Waals surface area contributed by atoms with Crippen LogP contribution in [0.1, 0.15) is 11.1 Å². The number of aliphatic imine (C=N–C) groups is 2. The Balaban J connectivity index is 0.000000200. The molecule has 45 heavy (non-hydrogen) atoms. The van der Waals surface area contributed by atoms with E-state index in [1.165, 1.54) is 22.7 Å². The summed E-state index contributed by atoms with van der Waals surface area (Å²) >= 11 is 16.3. The van der Waals surface area contributed by atoms with Gasteiger partial charge < -0.3 is 10.2 Å². The Kier molecular flexibility index (Phi) is 13.3. The molecule has 0 spiro atoms. The van der Waals surface area contributed by atoms with E-state index in [0.717, 1.165) is 31.5 Å². The summed E-state index contributed by atoms with van der Waals surface area (Å²) in [4.78, 5) is 17.7.